The Balaban J connectivity index is 2.93. The molecule has 2 N–H and O–H groups in total. The van der Waals surface area contributed by atoms with Crippen molar-refractivity contribution in [2.45, 2.75) is 0 Å². The van der Waals surface area contributed by atoms with E-state index in [-0.39, 0.29) is 12.4 Å². The number of rotatable bonds is 3. The molecule has 0 aromatic heterocycles. The van der Waals surface area contributed by atoms with Gasteiger partial charge in [0.25, 0.3) is 0 Å². The smallest absolute Gasteiger partial charge is 0.335 e. The van der Waals surface area contributed by atoms with Crippen LogP contribution >= 0.6 is 0 Å². The number of nitrogens with two attached hydrogens (primary N) is 1. The molecule has 0 aliphatic rings. The fourth-order valence-corrected chi connectivity index (χ4v) is 1.09. The van der Waals surface area contributed by atoms with Gasteiger partial charge in [-0.05, 0) is 23.8 Å². The van der Waals surface area contributed by atoms with Gasteiger partial charge in [-0.25, -0.2) is 9.18 Å². The van der Waals surface area contributed by atoms with Gasteiger partial charge < -0.3 is 10.5 Å². The molecule has 0 fully saturated rings. The highest BCUT2D eigenvalue weighted by atomic mass is 19.1. The van der Waals surface area contributed by atoms with Crippen LogP contribution in [-0.4, -0.2) is 19.6 Å². The standard InChI is InChI=1S/C11H12FNO2/c1-15-11(14)9(7-13)6-8-2-4-10(12)5-3-8/h2-6H,7,13H2,1H3/b9-6+. The number of methoxy groups -OCH3 is 1. The van der Waals surface area contributed by atoms with Gasteiger partial charge in [0.1, 0.15) is 5.82 Å². The number of ether oxygens (including phenoxy) is 1. The van der Waals surface area contributed by atoms with Gasteiger partial charge in [0.2, 0.25) is 0 Å². The molecule has 0 saturated carbocycles. The topological polar surface area (TPSA) is 52.3 Å². The van der Waals surface area contributed by atoms with Crippen LogP contribution in [0.2, 0.25) is 0 Å². The van der Waals surface area contributed by atoms with Crippen molar-refractivity contribution in [2.24, 2.45) is 5.73 Å². The van der Waals surface area contributed by atoms with Crippen molar-refractivity contribution in [1.82, 2.24) is 0 Å². The summed E-state index contributed by atoms with van der Waals surface area (Å²) >= 11 is 0. The van der Waals surface area contributed by atoms with Crippen LogP contribution in [-0.2, 0) is 9.53 Å². The summed E-state index contributed by atoms with van der Waals surface area (Å²) in [5, 5.41) is 0. The molecule has 0 spiro atoms. The minimum absolute atomic E-state index is 0.0874. The Morgan fingerprint density at radius 1 is 1.47 bits per heavy atom. The van der Waals surface area contributed by atoms with E-state index in [9.17, 15) is 9.18 Å². The Morgan fingerprint density at radius 3 is 2.53 bits per heavy atom. The lowest BCUT2D eigenvalue weighted by Gasteiger charge is -2.02. The molecule has 15 heavy (non-hydrogen) atoms. The fourth-order valence-electron chi connectivity index (χ4n) is 1.09. The number of esters is 1. The molecule has 0 aliphatic heterocycles. The summed E-state index contributed by atoms with van der Waals surface area (Å²) in [5.74, 6) is -0.790. The first-order chi connectivity index (χ1) is 7.17. The average molecular weight is 209 g/mol. The van der Waals surface area contributed by atoms with Gasteiger partial charge in [0.05, 0.1) is 12.7 Å². The van der Waals surface area contributed by atoms with Crippen LogP contribution in [0.1, 0.15) is 5.56 Å². The summed E-state index contributed by atoms with van der Waals surface area (Å²) in [4.78, 5) is 11.2. The first-order valence-corrected chi connectivity index (χ1v) is 4.42. The molecule has 3 nitrogen and oxygen atoms in total. The van der Waals surface area contributed by atoms with Gasteiger partial charge in [0, 0.05) is 6.54 Å². The van der Waals surface area contributed by atoms with E-state index < -0.39 is 5.97 Å². The lowest BCUT2D eigenvalue weighted by atomic mass is 10.1. The number of benzene rings is 1. The summed E-state index contributed by atoms with van der Waals surface area (Å²) in [6.45, 7) is 0.0874. The highest BCUT2D eigenvalue weighted by Crippen LogP contribution is 2.08. The van der Waals surface area contributed by atoms with E-state index in [1.165, 1.54) is 19.2 Å². The van der Waals surface area contributed by atoms with E-state index in [4.69, 9.17) is 5.73 Å². The molecule has 0 saturated heterocycles. The molecule has 1 aromatic carbocycles. The first-order valence-electron chi connectivity index (χ1n) is 4.42. The quantitative estimate of drug-likeness (QED) is 0.603. The number of carbonyl (C=O) groups is 1. The van der Waals surface area contributed by atoms with E-state index in [0.29, 0.717) is 11.1 Å². The third kappa shape index (κ3) is 3.18. The van der Waals surface area contributed by atoms with Crippen LogP contribution in [0, 0.1) is 5.82 Å². The molecule has 4 heteroatoms. The van der Waals surface area contributed by atoms with Gasteiger partial charge in [-0.3, -0.25) is 0 Å². The van der Waals surface area contributed by atoms with Crippen molar-refractivity contribution in [3.63, 3.8) is 0 Å². The van der Waals surface area contributed by atoms with Crippen LogP contribution in [0.15, 0.2) is 29.8 Å². The van der Waals surface area contributed by atoms with Crippen molar-refractivity contribution in [3.05, 3.63) is 41.2 Å². The van der Waals surface area contributed by atoms with Crippen LogP contribution in [0.4, 0.5) is 4.39 Å². The highest BCUT2D eigenvalue weighted by Gasteiger charge is 2.06. The van der Waals surface area contributed by atoms with Gasteiger partial charge in [-0.2, -0.15) is 0 Å². The number of carbonyl (C=O) groups excluding carboxylic acids is 1. The van der Waals surface area contributed by atoms with Gasteiger partial charge >= 0.3 is 5.97 Å². The van der Waals surface area contributed by atoms with E-state index in [0.717, 1.165) is 0 Å². The van der Waals surface area contributed by atoms with Crippen LogP contribution in [0.3, 0.4) is 0 Å². The molecular weight excluding hydrogens is 197 g/mol. The van der Waals surface area contributed by atoms with Crippen LogP contribution in [0.5, 0.6) is 0 Å². The van der Waals surface area contributed by atoms with Crippen molar-refractivity contribution in [3.8, 4) is 0 Å². The lowest BCUT2D eigenvalue weighted by molar-refractivity contribution is -0.136. The minimum Gasteiger partial charge on any atom is -0.466 e. The second kappa shape index (κ2) is 5.26. The third-order valence-electron chi connectivity index (χ3n) is 1.88. The summed E-state index contributed by atoms with van der Waals surface area (Å²) in [7, 11) is 1.29. The minimum atomic E-state index is -0.471. The molecule has 0 heterocycles. The molecule has 0 amide bonds. The van der Waals surface area contributed by atoms with Gasteiger partial charge in [-0.1, -0.05) is 12.1 Å². The number of hydrogen-bond donors (Lipinski definition) is 1. The normalized spacial score (nSPS) is 11.3. The molecular formula is C11H12FNO2. The monoisotopic (exact) mass is 209 g/mol. The summed E-state index contributed by atoms with van der Waals surface area (Å²) < 4.78 is 17.1. The maximum absolute atomic E-state index is 12.6. The maximum Gasteiger partial charge on any atom is 0.335 e. The third-order valence-corrected chi connectivity index (χ3v) is 1.88. The van der Waals surface area contributed by atoms with Gasteiger partial charge in [-0.15, -0.1) is 0 Å². The largest absolute Gasteiger partial charge is 0.466 e. The number of hydrogen-bond acceptors (Lipinski definition) is 3. The Bertz CT molecular complexity index is 371. The van der Waals surface area contributed by atoms with E-state index in [1.807, 2.05) is 0 Å². The molecule has 1 rings (SSSR count). The summed E-state index contributed by atoms with van der Waals surface area (Å²) in [6.07, 6.45) is 1.57. The predicted molar refractivity (Wildman–Crippen MR) is 55.4 cm³/mol. The van der Waals surface area contributed by atoms with Crippen molar-refractivity contribution >= 4 is 12.0 Å². The number of halogens is 1. The lowest BCUT2D eigenvalue weighted by Crippen LogP contribution is -2.13. The first kappa shape index (κ1) is 11.4. The molecule has 0 radical (unpaired) electrons. The van der Waals surface area contributed by atoms with Gasteiger partial charge in [0.15, 0.2) is 0 Å². The Morgan fingerprint density at radius 2 is 2.07 bits per heavy atom. The van der Waals surface area contributed by atoms with E-state index in [2.05, 4.69) is 4.74 Å². The van der Waals surface area contributed by atoms with Crippen LogP contribution < -0.4 is 5.73 Å². The van der Waals surface area contributed by atoms with E-state index in [1.54, 1.807) is 18.2 Å². The zero-order valence-corrected chi connectivity index (χ0v) is 8.37. The molecule has 0 unspecified atom stereocenters. The molecule has 1 aromatic rings. The van der Waals surface area contributed by atoms with Crippen molar-refractivity contribution in [1.29, 1.82) is 0 Å². The molecule has 0 bridgehead atoms. The Hall–Kier alpha value is -1.68. The highest BCUT2D eigenvalue weighted by molar-refractivity contribution is 5.94. The second-order valence-corrected chi connectivity index (χ2v) is 2.92. The Kier molecular flexibility index (Phi) is 4.00. The summed E-state index contributed by atoms with van der Waals surface area (Å²) in [5.41, 5.74) is 6.45. The maximum atomic E-state index is 12.6. The zero-order valence-electron chi connectivity index (χ0n) is 8.37. The summed E-state index contributed by atoms with van der Waals surface area (Å²) in [6, 6.07) is 5.76. The van der Waals surface area contributed by atoms with Crippen molar-refractivity contribution < 1.29 is 13.9 Å². The van der Waals surface area contributed by atoms with E-state index >= 15 is 0 Å². The van der Waals surface area contributed by atoms with Crippen LogP contribution in [0.25, 0.3) is 6.08 Å². The van der Waals surface area contributed by atoms with Crippen molar-refractivity contribution in [2.75, 3.05) is 13.7 Å². The molecule has 0 atom stereocenters. The predicted octanol–water partition coefficient (Wildman–Crippen LogP) is 1.34. The fraction of sp³-hybridized carbons (Fsp3) is 0.182. The molecule has 0 aliphatic carbocycles. The Labute approximate surface area is 87.3 Å². The zero-order chi connectivity index (χ0) is 11.3. The molecule has 80 valence electrons. The average Bonchev–Trinajstić information content (AvgIpc) is 2.27. The SMILES string of the molecule is COC(=O)/C(=C/c1ccc(F)cc1)CN. The second-order valence-electron chi connectivity index (χ2n) is 2.92.